The lowest BCUT2D eigenvalue weighted by molar-refractivity contribution is -0.268. The Kier molecular flexibility index (Phi) is 7.32. The first-order valence-electron chi connectivity index (χ1n) is 13.2. The molecular weight excluding hydrogens is 472 g/mol. The van der Waals surface area contributed by atoms with Crippen LogP contribution in [0, 0.1) is 46.3 Å². The van der Waals surface area contributed by atoms with Gasteiger partial charge in [-0.3, -0.25) is 4.55 Å². The topological polar surface area (TPSA) is 145 Å². The number of hydrogen-bond donors (Lipinski definition) is 5. The molecule has 0 amide bonds. The van der Waals surface area contributed by atoms with Crippen molar-refractivity contribution in [1.29, 1.82) is 0 Å². The molecule has 4 aliphatic carbocycles. The molecule has 0 aromatic carbocycles. The zero-order valence-electron chi connectivity index (χ0n) is 21.4. The van der Waals surface area contributed by atoms with Crippen molar-refractivity contribution in [2.24, 2.45) is 46.3 Å². The summed E-state index contributed by atoms with van der Waals surface area (Å²) in [4.78, 5) is 0. The van der Waals surface area contributed by atoms with Crippen LogP contribution in [0.5, 0.6) is 0 Å². The Morgan fingerprint density at radius 1 is 1.06 bits per heavy atom. The van der Waals surface area contributed by atoms with Gasteiger partial charge in [-0.15, -0.1) is 0 Å². The van der Waals surface area contributed by atoms with E-state index < -0.39 is 39.7 Å². The van der Waals surface area contributed by atoms with Crippen LogP contribution < -0.4 is 0 Å². The van der Waals surface area contributed by atoms with Crippen molar-refractivity contribution in [2.75, 3.05) is 6.61 Å². The van der Waals surface area contributed by atoms with Crippen LogP contribution >= 0.6 is 0 Å². The number of hydrogen-bond acceptors (Lipinski definition) is 7. The molecular formula is C26H44O8S. The van der Waals surface area contributed by atoms with Crippen molar-refractivity contribution >= 4 is 10.4 Å². The Morgan fingerprint density at radius 2 is 1.74 bits per heavy atom. The number of rotatable bonds is 6. The van der Waals surface area contributed by atoms with Gasteiger partial charge in [-0.05, 0) is 79.4 Å². The van der Waals surface area contributed by atoms with E-state index in [1.165, 1.54) is 0 Å². The molecule has 0 saturated heterocycles. The summed E-state index contributed by atoms with van der Waals surface area (Å²) in [6.45, 7) is 8.17. The summed E-state index contributed by atoms with van der Waals surface area (Å²) in [6, 6.07) is 0. The van der Waals surface area contributed by atoms with E-state index >= 15 is 0 Å². The highest BCUT2D eigenvalue weighted by molar-refractivity contribution is 7.80. The van der Waals surface area contributed by atoms with Crippen LogP contribution in [-0.2, 0) is 14.6 Å². The molecule has 5 N–H and O–H groups in total. The monoisotopic (exact) mass is 516 g/mol. The molecule has 8 nitrogen and oxygen atoms in total. The van der Waals surface area contributed by atoms with Gasteiger partial charge in [0.05, 0.1) is 30.5 Å². The van der Waals surface area contributed by atoms with Crippen molar-refractivity contribution in [1.82, 2.24) is 0 Å². The van der Waals surface area contributed by atoms with Crippen LogP contribution in [0.25, 0.3) is 0 Å². The minimum atomic E-state index is -4.46. The van der Waals surface area contributed by atoms with Crippen molar-refractivity contribution in [2.45, 2.75) is 96.6 Å². The first-order valence-corrected chi connectivity index (χ1v) is 14.6. The number of allylic oxidation sites excluding steroid dienone is 1. The van der Waals surface area contributed by atoms with E-state index in [1.54, 1.807) is 0 Å². The Labute approximate surface area is 209 Å². The number of fused-ring (bicyclic) bond motifs is 5. The maximum Gasteiger partial charge on any atom is 0.397 e. The number of aliphatic hydroxyl groups is 4. The molecule has 0 aromatic heterocycles. The summed E-state index contributed by atoms with van der Waals surface area (Å²) < 4.78 is 35.0. The summed E-state index contributed by atoms with van der Waals surface area (Å²) >= 11 is 0. The third kappa shape index (κ3) is 4.64. The third-order valence-electron chi connectivity index (χ3n) is 10.7. The lowest BCUT2D eigenvalue weighted by Gasteiger charge is -2.65. The first-order chi connectivity index (χ1) is 16.1. The summed E-state index contributed by atoms with van der Waals surface area (Å²) in [5.74, 6) is 0.521. The molecule has 35 heavy (non-hydrogen) atoms. The van der Waals surface area contributed by atoms with E-state index in [-0.39, 0.29) is 54.0 Å². The predicted molar refractivity (Wildman–Crippen MR) is 130 cm³/mol. The second kappa shape index (κ2) is 9.33. The zero-order valence-corrected chi connectivity index (χ0v) is 22.2. The molecule has 0 heterocycles. The van der Waals surface area contributed by atoms with Crippen LogP contribution in [-0.4, -0.2) is 63.9 Å². The smallest absolute Gasteiger partial charge is 0.393 e. The maximum atomic E-state index is 11.6. The van der Waals surface area contributed by atoms with Crippen LogP contribution in [0.1, 0.15) is 72.6 Å². The molecule has 0 bridgehead atoms. The van der Waals surface area contributed by atoms with E-state index in [9.17, 15) is 28.8 Å². The third-order valence-corrected chi connectivity index (χ3v) is 11.2. The summed E-state index contributed by atoms with van der Waals surface area (Å²) in [5, 5.41) is 44.4. The Bertz CT molecular complexity index is 922. The summed E-state index contributed by atoms with van der Waals surface area (Å²) in [6.07, 6.45) is 6.47. The Balaban J connectivity index is 1.53. The van der Waals surface area contributed by atoms with Crippen LogP contribution in [0.15, 0.2) is 12.2 Å². The average Bonchev–Trinajstić information content (AvgIpc) is 3.03. The molecule has 4 aliphatic rings. The lowest BCUT2D eigenvalue weighted by Crippen LogP contribution is -2.69. The highest BCUT2D eigenvalue weighted by atomic mass is 32.3. The van der Waals surface area contributed by atoms with Gasteiger partial charge in [-0.2, -0.15) is 8.42 Å². The van der Waals surface area contributed by atoms with Crippen molar-refractivity contribution < 1.29 is 37.6 Å². The van der Waals surface area contributed by atoms with Crippen LogP contribution in [0.4, 0.5) is 0 Å². The van der Waals surface area contributed by atoms with Crippen molar-refractivity contribution in [3.63, 3.8) is 0 Å². The van der Waals surface area contributed by atoms with E-state index in [2.05, 4.69) is 31.0 Å². The molecule has 0 radical (unpaired) electrons. The standard InChI is InChI=1S/C26H44O8S/c1-15(14-34-35(31,32)33)5-6-16(2)20-12-21(28)23-18-11-22(29)26(30)13-17(27)7-10-25(26,4)19(18)8-9-24(20,23)3/h5-6,15-23,27-30H,7-14H2,1-4H3,(H,31,32,33)/b6-5+/t15?,16-,17+,18?,19+,20-,21+,22-,23-,24-,25-,26+/m1/s1. The second-order valence-corrected chi connectivity index (χ2v) is 13.8. The highest BCUT2D eigenvalue weighted by Crippen LogP contribution is 2.69. The molecule has 4 saturated carbocycles. The normalized spacial score (nSPS) is 49.8. The molecule has 2 unspecified atom stereocenters. The van der Waals surface area contributed by atoms with Gasteiger partial charge in [-0.1, -0.05) is 39.8 Å². The van der Waals surface area contributed by atoms with Gasteiger partial charge in [-0.25, -0.2) is 4.18 Å². The SMILES string of the molecule is CC(/C=C/[C@@H](C)[C@H]1C[C@H](O)[C@H]2C3C[C@@H](O)[C@@]4(O)C[C@@H](O)CC[C@]4(C)[C@H]3CC[C@]12C)COS(=O)(=O)O. The minimum absolute atomic E-state index is 0.0327. The van der Waals surface area contributed by atoms with E-state index in [0.29, 0.717) is 25.7 Å². The second-order valence-electron chi connectivity index (χ2n) is 12.7. The molecule has 0 aromatic rings. The van der Waals surface area contributed by atoms with E-state index in [0.717, 1.165) is 12.8 Å². The average molecular weight is 517 g/mol. The van der Waals surface area contributed by atoms with Crippen molar-refractivity contribution in [3.8, 4) is 0 Å². The quantitative estimate of drug-likeness (QED) is 0.268. The Morgan fingerprint density at radius 3 is 2.40 bits per heavy atom. The molecule has 0 aliphatic heterocycles. The maximum absolute atomic E-state index is 11.6. The molecule has 4 fully saturated rings. The van der Waals surface area contributed by atoms with Gasteiger partial charge < -0.3 is 20.4 Å². The van der Waals surface area contributed by atoms with Gasteiger partial charge in [0, 0.05) is 11.8 Å². The first kappa shape index (κ1) is 27.5. The van der Waals surface area contributed by atoms with Gasteiger partial charge in [0.2, 0.25) is 0 Å². The minimum Gasteiger partial charge on any atom is -0.393 e. The largest absolute Gasteiger partial charge is 0.397 e. The van der Waals surface area contributed by atoms with Crippen LogP contribution in [0.2, 0.25) is 0 Å². The fourth-order valence-corrected chi connectivity index (χ4v) is 9.32. The fourth-order valence-electron chi connectivity index (χ4n) is 8.94. The highest BCUT2D eigenvalue weighted by Gasteiger charge is 2.68. The summed E-state index contributed by atoms with van der Waals surface area (Å²) in [5.41, 5.74) is -1.89. The zero-order chi connectivity index (χ0) is 26.0. The summed E-state index contributed by atoms with van der Waals surface area (Å²) in [7, 11) is -4.46. The predicted octanol–water partition coefficient (Wildman–Crippen LogP) is 2.71. The van der Waals surface area contributed by atoms with E-state index in [1.807, 2.05) is 13.0 Å². The van der Waals surface area contributed by atoms with Crippen molar-refractivity contribution in [3.05, 3.63) is 12.2 Å². The number of aliphatic hydroxyl groups excluding tert-OH is 3. The van der Waals surface area contributed by atoms with Gasteiger partial charge in [0.25, 0.3) is 0 Å². The molecule has 202 valence electrons. The lowest BCUT2D eigenvalue weighted by atomic mass is 9.42. The molecule has 4 rings (SSSR count). The van der Waals surface area contributed by atoms with Gasteiger partial charge >= 0.3 is 10.4 Å². The van der Waals surface area contributed by atoms with E-state index in [4.69, 9.17) is 4.55 Å². The molecule has 12 atom stereocenters. The van der Waals surface area contributed by atoms with Crippen LogP contribution in [0.3, 0.4) is 0 Å². The Hall–Kier alpha value is -0.550. The van der Waals surface area contributed by atoms with Gasteiger partial charge in [0.15, 0.2) is 0 Å². The molecule has 0 spiro atoms. The fraction of sp³-hybridized carbons (Fsp3) is 0.923. The molecule has 9 heteroatoms. The van der Waals surface area contributed by atoms with Gasteiger partial charge in [0.1, 0.15) is 0 Å².